The highest BCUT2D eigenvalue weighted by Gasteiger charge is 2.24. The third-order valence-electron chi connectivity index (χ3n) is 6.75. The first-order valence-electron chi connectivity index (χ1n) is 12.4. The lowest BCUT2D eigenvalue weighted by molar-refractivity contribution is 0.449. The second-order valence-electron chi connectivity index (χ2n) is 10.4. The maximum absolute atomic E-state index is 7.70. The van der Waals surface area contributed by atoms with Gasteiger partial charge in [0.2, 0.25) is 0 Å². The van der Waals surface area contributed by atoms with Crippen LogP contribution >= 0.6 is 11.8 Å². The summed E-state index contributed by atoms with van der Waals surface area (Å²) in [4.78, 5) is 1.91. The quantitative estimate of drug-likeness (QED) is 0.211. The molecule has 0 saturated heterocycles. The molecule has 4 nitrogen and oxygen atoms in total. The van der Waals surface area contributed by atoms with Gasteiger partial charge in [0.1, 0.15) is 0 Å². The van der Waals surface area contributed by atoms with Crippen molar-refractivity contribution in [2.75, 3.05) is 0 Å². The molecule has 0 aliphatic heterocycles. The van der Waals surface area contributed by atoms with E-state index in [-0.39, 0.29) is 10.8 Å². The van der Waals surface area contributed by atoms with Gasteiger partial charge in [-0.2, -0.15) is 10.2 Å². The standard InChI is InChI=1S/C28H42N4S/c1-7-9-11-17-27(3,4)21-13-15-23(31-29)25(19-21)33-26-20-22(14-16-24(26)32-30)28(5,6)18-12-10-8-2/h13-16,19-20,29-30H,7-12,17-18H2,1-6H3. The Kier molecular flexibility index (Phi) is 10.3. The minimum absolute atomic E-state index is 0.0663. The highest BCUT2D eigenvalue weighted by molar-refractivity contribution is 7.99. The van der Waals surface area contributed by atoms with Gasteiger partial charge in [0.25, 0.3) is 0 Å². The molecule has 0 saturated carbocycles. The smallest absolute Gasteiger partial charge is 0.0989 e. The Morgan fingerprint density at radius 3 is 1.39 bits per heavy atom. The molecule has 0 aliphatic carbocycles. The van der Waals surface area contributed by atoms with E-state index in [0.29, 0.717) is 11.4 Å². The molecule has 2 N–H and O–H groups in total. The van der Waals surface area contributed by atoms with Gasteiger partial charge in [0.05, 0.1) is 11.4 Å². The molecule has 0 fully saturated rings. The second-order valence-corrected chi connectivity index (χ2v) is 11.5. The van der Waals surface area contributed by atoms with E-state index in [9.17, 15) is 0 Å². The first-order chi connectivity index (χ1) is 15.7. The number of nitrogens with one attached hydrogen (secondary N) is 2. The molecule has 2 aromatic carbocycles. The molecule has 33 heavy (non-hydrogen) atoms. The molecule has 0 unspecified atom stereocenters. The lowest BCUT2D eigenvalue weighted by atomic mass is 9.80. The molecule has 0 atom stereocenters. The van der Waals surface area contributed by atoms with Crippen LogP contribution in [0.2, 0.25) is 0 Å². The zero-order valence-electron chi connectivity index (χ0n) is 21.4. The van der Waals surface area contributed by atoms with E-state index in [1.54, 1.807) is 11.8 Å². The first kappa shape index (κ1) is 27.2. The molecule has 5 heteroatoms. The summed E-state index contributed by atoms with van der Waals surface area (Å²) in [5, 5.41) is 7.59. The topological polar surface area (TPSA) is 72.4 Å². The molecular weight excluding hydrogens is 424 g/mol. The fourth-order valence-corrected chi connectivity index (χ4v) is 5.30. The van der Waals surface area contributed by atoms with Crippen molar-refractivity contribution in [3.05, 3.63) is 47.5 Å². The van der Waals surface area contributed by atoms with Crippen molar-refractivity contribution in [2.24, 2.45) is 10.2 Å². The summed E-state index contributed by atoms with van der Waals surface area (Å²) in [7, 11) is 0. The predicted octanol–water partition coefficient (Wildman–Crippen LogP) is 10.9. The van der Waals surface area contributed by atoms with E-state index >= 15 is 0 Å². The largest absolute Gasteiger partial charge is 0.204 e. The van der Waals surface area contributed by atoms with Crippen molar-refractivity contribution in [1.29, 1.82) is 11.1 Å². The SMILES string of the molecule is CCCCCC(C)(C)c1ccc(N=N)c(Sc2cc(C(C)(C)CCCCC)ccc2N=N)c1. The van der Waals surface area contributed by atoms with E-state index in [1.165, 1.54) is 49.7 Å². The summed E-state index contributed by atoms with van der Waals surface area (Å²) in [6.45, 7) is 13.7. The van der Waals surface area contributed by atoms with E-state index < -0.39 is 0 Å². The summed E-state index contributed by atoms with van der Waals surface area (Å²) in [5.74, 6) is 0. The third kappa shape index (κ3) is 7.49. The molecule has 0 aromatic heterocycles. The Balaban J connectivity index is 2.40. The molecule has 0 radical (unpaired) electrons. The highest BCUT2D eigenvalue weighted by atomic mass is 32.2. The van der Waals surface area contributed by atoms with Crippen molar-refractivity contribution >= 4 is 23.1 Å². The Morgan fingerprint density at radius 2 is 1.06 bits per heavy atom. The number of rotatable bonds is 14. The Bertz CT molecular complexity index is 858. The van der Waals surface area contributed by atoms with Gasteiger partial charge >= 0.3 is 0 Å². The third-order valence-corrected chi connectivity index (χ3v) is 7.85. The molecule has 0 amide bonds. The van der Waals surface area contributed by atoms with Crippen LogP contribution in [-0.2, 0) is 10.8 Å². The maximum atomic E-state index is 7.70. The fraction of sp³-hybridized carbons (Fsp3) is 0.571. The van der Waals surface area contributed by atoms with Crippen LogP contribution in [0.3, 0.4) is 0 Å². The Labute approximate surface area is 205 Å². The molecule has 0 bridgehead atoms. The van der Waals surface area contributed by atoms with E-state index in [0.717, 1.165) is 22.6 Å². The zero-order valence-corrected chi connectivity index (χ0v) is 22.2. The molecule has 2 rings (SSSR count). The van der Waals surface area contributed by atoms with Gasteiger partial charge in [-0.1, -0.05) is 104 Å². The van der Waals surface area contributed by atoms with Gasteiger partial charge in [0.15, 0.2) is 0 Å². The van der Waals surface area contributed by atoms with Crippen LogP contribution in [-0.4, -0.2) is 0 Å². The normalized spacial score (nSPS) is 12.1. The first-order valence-corrected chi connectivity index (χ1v) is 13.2. The summed E-state index contributed by atoms with van der Waals surface area (Å²) < 4.78 is 0. The zero-order chi connectivity index (χ0) is 24.5. The molecular formula is C28H42N4S. The summed E-state index contributed by atoms with van der Waals surface area (Å²) in [5.41, 5.74) is 19.4. The van der Waals surface area contributed by atoms with Gasteiger partial charge in [-0.3, -0.25) is 0 Å². The van der Waals surface area contributed by atoms with Crippen molar-refractivity contribution in [3.8, 4) is 0 Å². The molecule has 0 spiro atoms. The van der Waals surface area contributed by atoms with Crippen LogP contribution in [0.1, 0.15) is 104 Å². The molecule has 0 heterocycles. The number of hydrogen-bond donors (Lipinski definition) is 2. The van der Waals surface area contributed by atoms with Crippen LogP contribution in [0.4, 0.5) is 11.4 Å². The number of nitrogens with zero attached hydrogens (tertiary/aromatic N) is 2. The maximum Gasteiger partial charge on any atom is 0.0989 e. The minimum Gasteiger partial charge on any atom is -0.204 e. The van der Waals surface area contributed by atoms with Crippen molar-refractivity contribution in [1.82, 2.24) is 0 Å². The van der Waals surface area contributed by atoms with Gasteiger partial charge in [-0.05, 0) is 59.1 Å². The summed E-state index contributed by atoms with van der Waals surface area (Å²) in [6, 6.07) is 12.5. The van der Waals surface area contributed by atoms with Crippen LogP contribution < -0.4 is 0 Å². The van der Waals surface area contributed by atoms with E-state index in [4.69, 9.17) is 11.1 Å². The predicted molar refractivity (Wildman–Crippen MR) is 141 cm³/mol. The Hall–Kier alpha value is -2.01. The average Bonchev–Trinajstić information content (AvgIpc) is 2.79. The molecule has 2 aromatic rings. The highest BCUT2D eigenvalue weighted by Crippen LogP contribution is 2.44. The van der Waals surface area contributed by atoms with E-state index in [1.807, 2.05) is 12.1 Å². The van der Waals surface area contributed by atoms with Crippen molar-refractivity contribution < 1.29 is 0 Å². The molecule has 0 aliphatic rings. The minimum atomic E-state index is 0.0663. The van der Waals surface area contributed by atoms with Crippen LogP contribution in [0.15, 0.2) is 56.4 Å². The van der Waals surface area contributed by atoms with Gasteiger partial charge in [0, 0.05) is 9.79 Å². The van der Waals surface area contributed by atoms with Crippen LogP contribution in [0, 0.1) is 11.1 Å². The summed E-state index contributed by atoms with van der Waals surface area (Å²) >= 11 is 1.58. The lowest BCUT2D eigenvalue weighted by Crippen LogP contribution is -2.17. The summed E-state index contributed by atoms with van der Waals surface area (Å²) in [6.07, 6.45) is 9.65. The van der Waals surface area contributed by atoms with Crippen LogP contribution in [0.25, 0.3) is 0 Å². The van der Waals surface area contributed by atoms with Gasteiger partial charge in [-0.25, -0.2) is 11.1 Å². The number of hydrogen-bond acceptors (Lipinski definition) is 5. The molecule has 180 valence electrons. The lowest BCUT2D eigenvalue weighted by Gasteiger charge is -2.27. The number of unbranched alkanes of at least 4 members (excludes halogenated alkanes) is 4. The Morgan fingerprint density at radius 1 is 0.667 bits per heavy atom. The number of benzene rings is 2. The monoisotopic (exact) mass is 466 g/mol. The van der Waals surface area contributed by atoms with Crippen molar-refractivity contribution in [2.45, 2.75) is 114 Å². The van der Waals surface area contributed by atoms with Gasteiger partial charge < -0.3 is 0 Å². The fourth-order valence-electron chi connectivity index (χ4n) is 4.26. The van der Waals surface area contributed by atoms with Gasteiger partial charge in [-0.15, -0.1) is 0 Å². The average molecular weight is 467 g/mol. The van der Waals surface area contributed by atoms with Crippen LogP contribution in [0.5, 0.6) is 0 Å². The van der Waals surface area contributed by atoms with Crippen molar-refractivity contribution in [3.63, 3.8) is 0 Å². The van der Waals surface area contributed by atoms with E-state index in [2.05, 4.69) is 76.0 Å². The second kappa shape index (κ2) is 12.5.